The summed E-state index contributed by atoms with van der Waals surface area (Å²) in [4.78, 5) is 159. The van der Waals surface area contributed by atoms with Gasteiger partial charge in [-0.25, -0.2) is 25.3 Å². The van der Waals surface area contributed by atoms with E-state index in [1.807, 2.05) is 91.0 Å². The van der Waals surface area contributed by atoms with E-state index in [1.165, 1.54) is 26.9 Å². The Kier molecular flexibility index (Phi) is 22.8. The molecule has 3 saturated heterocycles. The molecule has 6 bridgehead atoms. The second kappa shape index (κ2) is 33.3. The minimum absolute atomic E-state index is 0.0893. The van der Waals surface area contributed by atoms with Crippen molar-refractivity contribution in [2.24, 2.45) is 0 Å². The Morgan fingerprint density at radius 2 is 0.795 bits per heavy atom. The number of ketones is 1. The van der Waals surface area contributed by atoms with Crippen LogP contribution in [-0.2, 0) is 68.0 Å². The van der Waals surface area contributed by atoms with Crippen LogP contribution in [0.3, 0.4) is 0 Å². The van der Waals surface area contributed by atoms with E-state index in [0.717, 1.165) is 89.2 Å². The number of methoxy groups -OCH3 is 1. The number of urea groups is 3. The number of nitrogens with one attached hydrogen (secondary N) is 5. The Labute approximate surface area is 641 Å². The lowest BCUT2D eigenvalue weighted by Crippen LogP contribution is -2.58. The molecule has 8 N–H and O–H groups in total. The molecule has 6 aromatic carbocycles. The molecule has 14 amide bonds. The van der Waals surface area contributed by atoms with Gasteiger partial charge in [0.1, 0.15) is 12.4 Å². The summed E-state index contributed by atoms with van der Waals surface area (Å²) in [5.74, 6) is -4.02. The van der Waals surface area contributed by atoms with Crippen LogP contribution in [0.5, 0.6) is 5.75 Å². The molecule has 9 heterocycles. The number of aliphatic hydroxyl groups is 1. The third-order valence-corrected chi connectivity index (χ3v) is 21.1. The van der Waals surface area contributed by atoms with Crippen LogP contribution in [0, 0.1) is 0 Å². The Bertz CT molecular complexity index is 5310. The van der Waals surface area contributed by atoms with Gasteiger partial charge in [-0.1, -0.05) is 105 Å². The maximum atomic E-state index is 13.7. The zero-order chi connectivity index (χ0) is 79.2. The van der Waals surface area contributed by atoms with E-state index >= 15 is 0 Å². The molecule has 30 heteroatoms. The molecule has 3 atom stereocenters. The molecule has 6 aliphatic rings. The number of carbonyl (C=O) groups is 12. The zero-order valence-corrected chi connectivity index (χ0v) is 61.3. The van der Waals surface area contributed by atoms with Gasteiger partial charge in [0.05, 0.1) is 44.5 Å². The summed E-state index contributed by atoms with van der Waals surface area (Å²) < 4.78 is 11.8. The highest BCUT2D eigenvalue weighted by molar-refractivity contribution is 6.07. The molecule has 9 aromatic rings. The third-order valence-electron chi connectivity index (χ3n) is 21.1. The number of ether oxygens (including phenoxy) is 1. The minimum atomic E-state index is -0.595. The number of benzene rings is 6. The summed E-state index contributed by atoms with van der Waals surface area (Å²) in [6.45, 7) is 14.6. The minimum Gasteiger partial charge on any atom is -0.497 e. The van der Waals surface area contributed by atoms with Crippen LogP contribution in [0.15, 0.2) is 177 Å². The van der Waals surface area contributed by atoms with E-state index in [1.54, 1.807) is 81.3 Å². The zero-order valence-electron chi connectivity index (χ0n) is 61.3. The van der Waals surface area contributed by atoms with E-state index in [0.29, 0.717) is 107 Å². The lowest BCUT2D eigenvalue weighted by molar-refractivity contribution is -0.134. The van der Waals surface area contributed by atoms with E-state index in [2.05, 4.69) is 49.4 Å². The molecular weight excluding hydrogens is 1440 g/mol. The van der Waals surface area contributed by atoms with Gasteiger partial charge in [0, 0.05) is 145 Å². The molecular formula is C82H82N14O16. The summed E-state index contributed by atoms with van der Waals surface area (Å²) in [6.07, 6.45) is 4.41. The van der Waals surface area contributed by atoms with Gasteiger partial charge in [-0.3, -0.25) is 68.3 Å². The molecule has 112 heavy (non-hydrogen) atoms. The van der Waals surface area contributed by atoms with Crippen LogP contribution >= 0.6 is 0 Å². The number of rotatable bonds is 25. The number of Topliss-reactive ketones (excluding diaryl/α,β-unsaturated/α-hetero) is 1. The van der Waals surface area contributed by atoms with Gasteiger partial charge in [-0.15, -0.1) is 0 Å². The number of hydrogen-bond acceptors (Lipinski definition) is 16. The number of para-hydroxylation sites is 2. The number of fused-ring (bicyclic) bond motifs is 18. The van der Waals surface area contributed by atoms with Crippen molar-refractivity contribution in [2.75, 3.05) is 72.6 Å². The highest BCUT2D eigenvalue weighted by Gasteiger charge is 2.49. The second-order valence-corrected chi connectivity index (χ2v) is 27.6. The highest BCUT2D eigenvalue weighted by atomic mass is 16.5. The number of imide groups is 3. The quantitative estimate of drug-likeness (QED) is 0.00963. The Morgan fingerprint density at radius 3 is 1.16 bits per heavy atom. The molecule has 0 radical (unpaired) electrons. The van der Waals surface area contributed by atoms with E-state index in [4.69, 9.17) is 20.3 Å². The van der Waals surface area contributed by atoms with Crippen molar-refractivity contribution < 1.29 is 77.8 Å². The SMILES string of the molecule is C=CC(=O)NCCCN1C(=O)C2CN(Cc3c2c2cc(OC)ccc2n3Cc2ccc(C(=O)NO)cc2)C1=O.C=CC(=O)NCCCN1C(=O)C2CN(Cc3c2c2ccccc2n3Cc2ccc(C(=O)CO)cc2)C1=O.C=CC(=O)NCCN1C(=O)C2CN(Cc3c2c2ccccc2n3Cc2ccc(C(=O)NO)cc2)C1=O. The predicted molar refractivity (Wildman–Crippen MR) is 409 cm³/mol. The molecule has 30 nitrogen and oxygen atoms in total. The number of aromatic nitrogens is 3. The van der Waals surface area contributed by atoms with Crippen molar-refractivity contribution in [2.45, 2.75) is 69.9 Å². The van der Waals surface area contributed by atoms with E-state index < -0.39 is 36.2 Å². The highest BCUT2D eigenvalue weighted by Crippen LogP contribution is 2.45. The molecule has 6 aliphatic heterocycles. The molecule has 0 aliphatic carbocycles. The molecule has 576 valence electrons. The standard InChI is InChI=1S/C28H29N5O6.C28H28N4O5.C26H25N5O5/c1-3-24(34)29-11-4-12-32-27(36)21-15-31(28(32)37)16-23-25(21)20-13-19(39-2)9-10-22(20)33(23)14-17-5-7-18(8-6-17)26(35)30-38;1-2-25(35)29-12-5-13-31-27(36)21-15-30(28(31)37)16-23-26(21)20-6-3-4-7-22(20)32(23)14-18-8-10-19(11-9-18)24(34)17-33;1-2-22(32)27-11-12-30-25(34)19-14-29(26(30)35)15-21-23(19)18-5-3-4-6-20(18)31(21)13-16-7-9-17(10-8-16)24(33)28-36/h3,5-10,13,21,38H,1,4,11-12,14-16H2,2H3,(H,29,34)(H,30,35);2-4,6-11,21,33H,1,5,12-17H2,(H,29,35);2-10,19,36H,1,11-15H2,(H,27,32)(H,28,33). The second-order valence-electron chi connectivity index (χ2n) is 27.6. The first-order valence-electron chi connectivity index (χ1n) is 36.4. The van der Waals surface area contributed by atoms with Gasteiger partial charge < -0.3 is 54.2 Å². The number of amides is 14. The first kappa shape index (κ1) is 76.9. The monoisotopic (exact) mass is 1520 g/mol. The fraction of sp³-hybridized carbons (Fsp3) is 0.268. The number of hydrogen-bond donors (Lipinski definition) is 8. The van der Waals surface area contributed by atoms with Crippen molar-refractivity contribution in [3.63, 3.8) is 0 Å². The van der Waals surface area contributed by atoms with Crippen LogP contribution in [0.1, 0.15) is 112 Å². The maximum absolute atomic E-state index is 13.7. The van der Waals surface area contributed by atoms with Gasteiger partial charge in [-0.05, 0) is 119 Å². The van der Waals surface area contributed by atoms with Gasteiger partial charge in [0.15, 0.2) is 5.78 Å². The van der Waals surface area contributed by atoms with Crippen LogP contribution in [0.25, 0.3) is 32.7 Å². The van der Waals surface area contributed by atoms with Gasteiger partial charge in [0.25, 0.3) is 11.8 Å². The molecule has 3 fully saturated rings. The fourth-order valence-electron chi connectivity index (χ4n) is 15.7. The van der Waals surface area contributed by atoms with Crippen LogP contribution < -0.4 is 31.6 Å². The average molecular weight is 1520 g/mol. The van der Waals surface area contributed by atoms with E-state index in [-0.39, 0.29) is 85.5 Å². The lowest BCUT2D eigenvalue weighted by Gasteiger charge is -2.42. The Morgan fingerprint density at radius 1 is 0.446 bits per heavy atom. The Balaban J connectivity index is 0.000000147. The van der Waals surface area contributed by atoms with Crippen LogP contribution in [-0.4, -0.2) is 202 Å². The third kappa shape index (κ3) is 15.2. The largest absolute Gasteiger partial charge is 0.497 e. The predicted octanol–water partition coefficient (Wildman–Crippen LogP) is 6.76. The lowest BCUT2D eigenvalue weighted by atomic mass is 9.88. The summed E-state index contributed by atoms with van der Waals surface area (Å²) in [6, 6.07) is 41.4. The molecule has 15 rings (SSSR count). The summed E-state index contributed by atoms with van der Waals surface area (Å²) >= 11 is 0. The van der Waals surface area contributed by atoms with Crippen molar-refractivity contribution in [1.29, 1.82) is 0 Å². The molecule has 0 saturated carbocycles. The first-order valence-corrected chi connectivity index (χ1v) is 36.4. The normalized spacial score (nSPS) is 16.5. The van der Waals surface area contributed by atoms with Crippen LogP contribution in [0.2, 0.25) is 0 Å². The van der Waals surface area contributed by atoms with Crippen molar-refractivity contribution in [3.05, 3.63) is 245 Å². The van der Waals surface area contributed by atoms with Crippen molar-refractivity contribution in [3.8, 4) is 5.75 Å². The number of aliphatic hydroxyl groups excluding tert-OH is 1. The molecule has 0 spiro atoms. The van der Waals surface area contributed by atoms with Crippen LogP contribution in [0.4, 0.5) is 14.4 Å². The van der Waals surface area contributed by atoms with Gasteiger partial charge in [-0.2, -0.15) is 0 Å². The van der Waals surface area contributed by atoms with Crippen molar-refractivity contribution in [1.82, 2.24) is 70.0 Å². The summed E-state index contributed by atoms with van der Waals surface area (Å²) in [5, 5.41) is 37.7. The number of nitrogens with zero attached hydrogens (tertiary/aromatic N) is 9. The summed E-state index contributed by atoms with van der Waals surface area (Å²) in [5.41, 5.74) is 15.5. The smallest absolute Gasteiger partial charge is 0.327 e. The first-order chi connectivity index (χ1) is 54.2. The van der Waals surface area contributed by atoms with Crippen molar-refractivity contribution >= 4 is 104 Å². The number of hydroxylamine groups is 2. The fourth-order valence-corrected chi connectivity index (χ4v) is 15.7. The average Bonchev–Trinajstić information content (AvgIpc) is 1.56. The van der Waals surface area contributed by atoms with Gasteiger partial charge in [0.2, 0.25) is 35.4 Å². The Hall–Kier alpha value is -13.3. The van der Waals surface area contributed by atoms with Gasteiger partial charge >= 0.3 is 18.1 Å². The number of carbonyl (C=O) groups excluding carboxylic acids is 12. The molecule has 3 aromatic heterocycles. The summed E-state index contributed by atoms with van der Waals surface area (Å²) in [7, 11) is 1.59. The van der Waals surface area contributed by atoms with E-state index in [9.17, 15) is 57.5 Å². The maximum Gasteiger partial charge on any atom is 0.327 e. The molecule has 3 unspecified atom stereocenters. The topological polar surface area (TPSA) is 369 Å².